The van der Waals surface area contributed by atoms with Crippen molar-refractivity contribution in [2.45, 2.75) is 45.3 Å². The average Bonchev–Trinajstić information content (AvgIpc) is 2.91. The van der Waals surface area contributed by atoms with Crippen LogP contribution in [0.3, 0.4) is 0 Å². The Bertz CT molecular complexity index is 860. The highest BCUT2D eigenvalue weighted by molar-refractivity contribution is 6.99. The van der Waals surface area contributed by atoms with Crippen molar-refractivity contribution in [2.75, 3.05) is 13.7 Å². The monoisotopic (exact) mass is 410 g/mol. The maximum absolute atomic E-state index is 12.2. The second-order valence-corrected chi connectivity index (χ2v) is 13.0. The van der Waals surface area contributed by atoms with Crippen LogP contribution in [0, 0.1) is 0 Å². The molecule has 29 heavy (non-hydrogen) atoms. The normalized spacial score (nSPS) is 20.0. The summed E-state index contributed by atoms with van der Waals surface area (Å²) in [6.45, 7) is 10.5. The number of carbonyl (C=O) groups is 1. The number of hydrogen-bond acceptors (Lipinski definition) is 4. The van der Waals surface area contributed by atoms with Gasteiger partial charge in [-0.25, -0.2) is 4.79 Å². The van der Waals surface area contributed by atoms with Crippen LogP contribution in [0.1, 0.15) is 34.6 Å². The lowest BCUT2D eigenvalue weighted by molar-refractivity contribution is -0.149. The van der Waals surface area contributed by atoms with Crippen LogP contribution in [-0.2, 0) is 18.7 Å². The van der Waals surface area contributed by atoms with Gasteiger partial charge in [0.2, 0.25) is 0 Å². The van der Waals surface area contributed by atoms with Gasteiger partial charge in [-0.15, -0.1) is 0 Å². The van der Waals surface area contributed by atoms with Gasteiger partial charge in [-0.1, -0.05) is 81.4 Å². The van der Waals surface area contributed by atoms with Crippen molar-refractivity contribution in [3.63, 3.8) is 0 Å². The summed E-state index contributed by atoms with van der Waals surface area (Å²) in [5.74, 6) is 0.191. The molecule has 1 aliphatic rings. The van der Waals surface area contributed by atoms with Crippen molar-refractivity contribution in [1.29, 1.82) is 0 Å². The van der Waals surface area contributed by atoms with E-state index in [2.05, 4.69) is 69.3 Å². The zero-order valence-corrected chi connectivity index (χ0v) is 19.1. The molecule has 1 atom stereocenters. The number of benzene rings is 2. The number of ether oxygens (including phenoxy) is 2. The molecule has 0 saturated heterocycles. The first-order valence-electron chi connectivity index (χ1n) is 9.89. The minimum atomic E-state index is -2.72. The Morgan fingerprint density at radius 1 is 0.966 bits per heavy atom. The van der Waals surface area contributed by atoms with Gasteiger partial charge in [-0.05, 0) is 29.3 Å². The number of methoxy groups -OCH3 is 1. The SMILES string of the molecule is COC1=C(C)C(=O)OC1(C)CO[Si](c1ccccc1)(c1ccccc1)C(C)(C)C. The Labute approximate surface area is 174 Å². The average molecular weight is 411 g/mol. The van der Waals surface area contributed by atoms with Crippen LogP contribution in [0.25, 0.3) is 0 Å². The molecule has 0 fully saturated rings. The molecule has 3 rings (SSSR count). The Balaban J connectivity index is 2.11. The topological polar surface area (TPSA) is 44.8 Å². The third kappa shape index (κ3) is 3.65. The molecule has 5 heteroatoms. The fraction of sp³-hybridized carbons (Fsp3) is 0.375. The third-order valence-corrected chi connectivity index (χ3v) is 10.6. The van der Waals surface area contributed by atoms with Gasteiger partial charge >= 0.3 is 5.97 Å². The summed E-state index contributed by atoms with van der Waals surface area (Å²) in [5.41, 5.74) is -0.441. The van der Waals surface area contributed by atoms with Gasteiger partial charge in [0, 0.05) is 0 Å². The highest BCUT2D eigenvalue weighted by Gasteiger charge is 2.53. The van der Waals surface area contributed by atoms with Gasteiger partial charge in [0.05, 0.1) is 19.3 Å². The predicted octanol–water partition coefficient (Wildman–Crippen LogP) is 3.80. The predicted molar refractivity (Wildman–Crippen MR) is 118 cm³/mol. The summed E-state index contributed by atoms with van der Waals surface area (Å²) < 4.78 is 18.2. The van der Waals surface area contributed by atoms with E-state index in [1.165, 1.54) is 10.4 Å². The Morgan fingerprint density at radius 2 is 1.45 bits per heavy atom. The highest BCUT2D eigenvalue weighted by Crippen LogP contribution is 2.39. The van der Waals surface area contributed by atoms with Gasteiger partial charge in [0.15, 0.2) is 11.4 Å². The van der Waals surface area contributed by atoms with Crippen LogP contribution >= 0.6 is 0 Å². The molecule has 0 saturated carbocycles. The number of rotatable bonds is 6. The Morgan fingerprint density at radius 3 is 1.86 bits per heavy atom. The number of hydrogen-bond donors (Lipinski definition) is 0. The molecule has 0 aromatic heterocycles. The fourth-order valence-corrected chi connectivity index (χ4v) is 8.94. The second kappa shape index (κ2) is 7.80. The van der Waals surface area contributed by atoms with Gasteiger partial charge in [-0.2, -0.15) is 0 Å². The smallest absolute Gasteiger partial charge is 0.338 e. The van der Waals surface area contributed by atoms with E-state index in [1.807, 2.05) is 19.1 Å². The summed E-state index contributed by atoms with van der Waals surface area (Å²) in [6.07, 6.45) is 0. The van der Waals surface area contributed by atoms with Crippen molar-refractivity contribution < 1.29 is 18.7 Å². The standard InChI is InChI=1S/C24H30O4Si/c1-18-21(26-6)24(5,28-22(18)25)17-27-29(23(2,3)4,19-13-9-7-10-14-19)20-15-11-8-12-16-20/h7-16H,17H2,1-6H3. The van der Waals surface area contributed by atoms with Crippen LogP contribution in [0.15, 0.2) is 72.0 Å². The van der Waals surface area contributed by atoms with E-state index in [9.17, 15) is 4.79 Å². The van der Waals surface area contributed by atoms with E-state index in [4.69, 9.17) is 13.9 Å². The van der Waals surface area contributed by atoms with E-state index in [0.717, 1.165) is 0 Å². The third-order valence-electron chi connectivity index (χ3n) is 5.63. The van der Waals surface area contributed by atoms with Crippen LogP contribution in [0.4, 0.5) is 0 Å². The summed E-state index contributed by atoms with van der Waals surface area (Å²) >= 11 is 0. The zero-order valence-electron chi connectivity index (χ0n) is 18.1. The number of carbonyl (C=O) groups excluding carboxylic acids is 1. The van der Waals surface area contributed by atoms with Crippen molar-refractivity contribution in [1.82, 2.24) is 0 Å². The molecule has 1 unspecified atom stereocenters. The maximum Gasteiger partial charge on any atom is 0.338 e. The first-order chi connectivity index (χ1) is 13.7. The first-order valence-corrected chi connectivity index (χ1v) is 11.8. The molecule has 2 aromatic carbocycles. The van der Waals surface area contributed by atoms with Crippen molar-refractivity contribution >= 4 is 24.7 Å². The summed E-state index contributed by atoms with van der Waals surface area (Å²) in [6, 6.07) is 20.8. The quantitative estimate of drug-likeness (QED) is 0.537. The molecule has 1 aliphatic heterocycles. The molecule has 154 valence electrons. The Hall–Kier alpha value is -2.37. The first kappa shape index (κ1) is 21.3. The van der Waals surface area contributed by atoms with Crippen molar-refractivity contribution in [3.8, 4) is 0 Å². The maximum atomic E-state index is 12.2. The lowest BCUT2D eigenvalue weighted by Crippen LogP contribution is -2.67. The summed E-state index contributed by atoms with van der Waals surface area (Å²) in [4.78, 5) is 12.2. The molecule has 0 amide bonds. The van der Waals surface area contributed by atoms with Crippen LogP contribution in [-0.4, -0.2) is 33.6 Å². The molecule has 4 nitrogen and oxygen atoms in total. The van der Waals surface area contributed by atoms with Crippen LogP contribution in [0.2, 0.25) is 5.04 Å². The number of cyclic esters (lactones) is 1. The molecule has 2 aromatic rings. The van der Waals surface area contributed by atoms with E-state index in [1.54, 1.807) is 14.0 Å². The van der Waals surface area contributed by atoms with Crippen LogP contribution in [0.5, 0.6) is 0 Å². The molecule has 1 heterocycles. The molecule has 0 spiro atoms. The molecular formula is C24H30O4Si. The molecule has 0 N–H and O–H groups in total. The van der Waals surface area contributed by atoms with Gasteiger partial charge in [0.1, 0.15) is 0 Å². The lowest BCUT2D eigenvalue weighted by Gasteiger charge is -2.44. The molecule has 0 bridgehead atoms. The van der Waals surface area contributed by atoms with E-state index in [0.29, 0.717) is 11.3 Å². The van der Waals surface area contributed by atoms with Gasteiger partial charge in [0.25, 0.3) is 8.32 Å². The van der Waals surface area contributed by atoms with Gasteiger partial charge in [-0.3, -0.25) is 0 Å². The van der Waals surface area contributed by atoms with Crippen molar-refractivity contribution in [3.05, 3.63) is 72.0 Å². The van der Waals surface area contributed by atoms with Crippen molar-refractivity contribution in [2.24, 2.45) is 0 Å². The molecular weight excluding hydrogens is 380 g/mol. The highest BCUT2D eigenvalue weighted by atomic mass is 28.4. The van der Waals surface area contributed by atoms with Crippen LogP contribution < -0.4 is 10.4 Å². The van der Waals surface area contributed by atoms with E-state index >= 15 is 0 Å². The van der Waals surface area contributed by atoms with E-state index in [-0.39, 0.29) is 17.6 Å². The minimum absolute atomic E-state index is 0.152. The molecule has 0 radical (unpaired) electrons. The summed E-state index contributed by atoms with van der Waals surface area (Å²) in [7, 11) is -1.15. The largest absolute Gasteiger partial charge is 0.496 e. The second-order valence-electron chi connectivity index (χ2n) is 8.73. The molecule has 0 aliphatic carbocycles. The minimum Gasteiger partial charge on any atom is -0.496 e. The Kier molecular flexibility index (Phi) is 5.74. The summed E-state index contributed by atoms with van der Waals surface area (Å²) in [5, 5.41) is 2.22. The van der Waals surface area contributed by atoms with E-state index < -0.39 is 13.9 Å². The zero-order chi connectivity index (χ0) is 21.3. The number of esters is 1. The van der Waals surface area contributed by atoms with Gasteiger partial charge < -0.3 is 13.9 Å². The lowest BCUT2D eigenvalue weighted by atomic mass is 10.0. The fourth-order valence-electron chi connectivity index (χ4n) is 4.29.